The molecule has 2 heterocycles. The Morgan fingerprint density at radius 1 is 0.891 bits per heavy atom. The van der Waals surface area contributed by atoms with Crippen molar-refractivity contribution in [3.8, 4) is 0 Å². The molecule has 2 saturated heterocycles. The third-order valence-corrected chi connectivity index (χ3v) is 13.8. The molecule has 5 aliphatic carbocycles. The summed E-state index contributed by atoms with van der Waals surface area (Å²) in [6, 6.07) is 0. The smallest absolute Gasteiger partial charge is 0.343 e. The van der Waals surface area contributed by atoms with Gasteiger partial charge in [-0.15, -0.1) is 0 Å². The zero-order valence-corrected chi connectivity index (χ0v) is 27.5. The number of carbonyl (C=O) groups excluding carboxylic acids is 5. The Bertz CT molecular complexity index is 1470. The highest BCUT2D eigenvalue weighted by molar-refractivity contribution is 5.88. The first-order chi connectivity index (χ1) is 21.3. The SMILES string of the molecule is CC(=O)O[C@@H]1C2[C@H]3C(C[C@H](OC(C)=O)[C@]2(C)C2[C@H](C)C=C4OC(=O)[C@@](C)(O)[C@]4(C)[C@@H]21)[C@]1(C)C(C[C@@H]2O[C@@H]2[C@@H]1OC(C)=O)C(=O)[C@@H]3O. The molecule has 17 atom stereocenters. The summed E-state index contributed by atoms with van der Waals surface area (Å²) in [7, 11) is 0. The number of aliphatic hydroxyl groups is 2. The molecular weight excluding hydrogens is 600 g/mol. The Morgan fingerprint density at radius 2 is 1.52 bits per heavy atom. The highest BCUT2D eigenvalue weighted by atomic mass is 16.6. The highest BCUT2D eigenvalue weighted by Crippen LogP contribution is 2.75. The van der Waals surface area contributed by atoms with Crippen molar-refractivity contribution >= 4 is 29.7 Å². The number of allylic oxidation sites excluding steroid dienone is 1. The molecule has 12 heteroatoms. The van der Waals surface area contributed by atoms with Gasteiger partial charge in [-0.1, -0.05) is 20.8 Å². The van der Waals surface area contributed by atoms with Gasteiger partial charge in [0.25, 0.3) is 0 Å². The average Bonchev–Trinajstić information content (AvgIpc) is 3.63. The van der Waals surface area contributed by atoms with Crippen molar-refractivity contribution < 1.29 is 57.9 Å². The summed E-state index contributed by atoms with van der Waals surface area (Å²) in [6.45, 7) is 12.8. The van der Waals surface area contributed by atoms with Crippen LogP contribution in [0, 0.1) is 57.7 Å². The molecule has 0 spiro atoms. The van der Waals surface area contributed by atoms with Crippen molar-refractivity contribution in [3.63, 3.8) is 0 Å². The zero-order valence-electron chi connectivity index (χ0n) is 27.5. The minimum absolute atomic E-state index is 0.242. The van der Waals surface area contributed by atoms with Crippen molar-refractivity contribution in [1.82, 2.24) is 0 Å². The molecule has 2 aliphatic heterocycles. The summed E-state index contributed by atoms with van der Waals surface area (Å²) in [5, 5.41) is 23.9. The quantitative estimate of drug-likeness (QED) is 0.260. The maximum absolute atomic E-state index is 14.3. The predicted molar refractivity (Wildman–Crippen MR) is 155 cm³/mol. The van der Waals surface area contributed by atoms with E-state index in [1.165, 1.54) is 27.7 Å². The lowest BCUT2D eigenvalue weighted by atomic mass is 9.42. The summed E-state index contributed by atoms with van der Waals surface area (Å²) in [5.74, 6) is -6.84. The molecule has 252 valence electrons. The van der Waals surface area contributed by atoms with E-state index in [1.54, 1.807) is 6.92 Å². The molecule has 7 aliphatic rings. The van der Waals surface area contributed by atoms with Crippen molar-refractivity contribution in [2.24, 2.45) is 57.7 Å². The number of ether oxygens (including phenoxy) is 5. The van der Waals surface area contributed by atoms with E-state index in [1.807, 2.05) is 26.8 Å². The van der Waals surface area contributed by atoms with E-state index in [4.69, 9.17) is 23.7 Å². The Labute approximate surface area is 267 Å². The van der Waals surface area contributed by atoms with Gasteiger partial charge in [0.2, 0.25) is 0 Å². The van der Waals surface area contributed by atoms with Crippen LogP contribution < -0.4 is 0 Å². The van der Waals surface area contributed by atoms with Gasteiger partial charge in [-0.05, 0) is 50.5 Å². The lowest BCUT2D eigenvalue weighted by molar-refractivity contribution is -0.235. The fourth-order valence-electron chi connectivity index (χ4n) is 11.8. The lowest BCUT2D eigenvalue weighted by Crippen LogP contribution is -2.70. The number of epoxide rings is 1. The Balaban J connectivity index is 1.46. The van der Waals surface area contributed by atoms with Crippen molar-refractivity contribution in [3.05, 3.63) is 11.8 Å². The van der Waals surface area contributed by atoms with Crippen molar-refractivity contribution in [2.45, 2.75) is 110 Å². The first kappa shape index (κ1) is 31.8. The number of Topliss-reactive ketones (excluding diaryl/α,β-unsaturated/α-hetero) is 1. The zero-order chi connectivity index (χ0) is 33.6. The maximum atomic E-state index is 14.3. The van der Waals surface area contributed by atoms with Crippen LogP contribution >= 0.6 is 0 Å². The van der Waals surface area contributed by atoms with Crippen LogP contribution in [0.4, 0.5) is 0 Å². The van der Waals surface area contributed by atoms with Gasteiger partial charge in [-0.2, -0.15) is 0 Å². The van der Waals surface area contributed by atoms with Crippen LogP contribution in [0.15, 0.2) is 11.8 Å². The lowest BCUT2D eigenvalue weighted by Gasteiger charge is -2.63. The van der Waals surface area contributed by atoms with E-state index < -0.39 is 112 Å². The summed E-state index contributed by atoms with van der Waals surface area (Å²) in [4.78, 5) is 65.7. The molecule has 7 rings (SSSR count). The Kier molecular flexibility index (Phi) is 6.64. The van der Waals surface area contributed by atoms with Gasteiger partial charge in [0.15, 0.2) is 11.4 Å². The van der Waals surface area contributed by atoms with E-state index in [9.17, 15) is 34.2 Å². The second-order valence-electron chi connectivity index (χ2n) is 15.8. The van der Waals surface area contributed by atoms with Crippen LogP contribution in [0.5, 0.6) is 0 Å². The molecule has 4 saturated carbocycles. The number of aliphatic hydroxyl groups excluding tert-OH is 1. The average molecular weight is 645 g/mol. The van der Waals surface area contributed by atoms with Gasteiger partial charge < -0.3 is 33.9 Å². The second kappa shape index (κ2) is 9.63. The van der Waals surface area contributed by atoms with Crippen LogP contribution in [0.25, 0.3) is 0 Å². The highest BCUT2D eigenvalue weighted by Gasteiger charge is 2.81. The van der Waals surface area contributed by atoms with Crippen LogP contribution in [0.2, 0.25) is 0 Å². The number of fused-ring (bicyclic) bond motifs is 10. The number of esters is 4. The van der Waals surface area contributed by atoms with Crippen LogP contribution in [0.1, 0.15) is 68.2 Å². The first-order valence-corrected chi connectivity index (χ1v) is 16.4. The molecule has 46 heavy (non-hydrogen) atoms. The van der Waals surface area contributed by atoms with E-state index in [-0.39, 0.29) is 30.0 Å². The molecule has 0 amide bonds. The second-order valence-corrected chi connectivity index (χ2v) is 15.8. The van der Waals surface area contributed by atoms with Gasteiger partial charge in [0, 0.05) is 55.3 Å². The van der Waals surface area contributed by atoms with E-state index >= 15 is 0 Å². The summed E-state index contributed by atoms with van der Waals surface area (Å²) in [5.41, 5.74) is -5.36. The first-order valence-electron chi connectivity index (χ1n) is 16.4. The third-order valence-electron chi connectivity index (χ3n) is 13.8. The topological polar surface area (TPSA) is 175 Å². The Hall–Kier alpha value is -2.83. The van der Waals surface area contributed by atoms with Crippen molar-refractivity contribution in [2.75, 3.05) is 0 Å². The molecule has 0 aromatic carbocycles. The number of hydrogen-bond acceptors (Lipinski definition) is 12. The van der Waals surface area contributed by atoms with Gasteiger partial charge in [-0.25, -0.2) is 4.79 Å². The van der Waals surface area contributed by atoms with Crippen LogP contribution in [-0.2, 0) is 47.7 Å². The van der Waals surface area contributed by atoms with Crippen LogP contribution in [-0.4, -0.2) is 82.1 Å². The van der Waals surface area contributed by atoms with Crippen LogP contribution in [0.3, 0.4) is 0 Å². The standard InChI is InChI=1S/C34H44O12/c1-12-9-20-33(7,34(8,41)30(40)46-20)24-22(12)32(6)19(42-13(2)35)11-16-21(23(32)28(24)43-14(3)36)26(39)25(38)17-10-18-27(45-18)29(31(16,17)5)44-15(4)37/h9,12,16-19,21-24,26-29,39,41H,10-11H2,1-8H3/t12-,16?,17?,18+,19+,21-,22?,23?,24+,26-,27+,28-,29+,31-,32-,33+,34-/m1/s1. The monoisotopic (exact) mass is 644 g/mol. The summed E-state index contributed by atoms with van der Waals surface area (Å²) in [6.07, 6.45) is -2.31. The number of hydrogen-bond donors (Lipinski definition) is 2. The number of carbonyl (C=O) groups is 5. The van der Waals surface area contributed by atoms with E-state index in [0.717, 1.165) is 0 Å². The molecular formula is C34H44O12. The fourth-order valence-corrected chi connectivity index (χ4v) is 11.8. The van der Waals surface area contributed by atoms with Gasteiger partial charge in [0.1, 0.15) is 36.3 Å². The molecule has 0 aromatic heterocycles. The molecule has 6 fully saturated rings. The third kappa shape index (κ3) is 3.69. The minimum atomic E-state index is -2.00. The molecule has 4 unspecified atom stereocenters. The Morgan fingerprint density at radius 3 is 2.13 bits per heavy atom. The summed E-state index contributed by atoms with van der Waals surface area (Å²) < 4.78 is 29.9. The maximum Gasteiger partial charge on any atom is 0.343 e. The molecule has 0 bridgehead atoms. The number of rotatable bonds is 3. The summed E-state index contributed by atoms with van der Waals surface area (Å²) >= 11 is 0. The van der Waals surface area contributed by atoms with Gasteiger partial charge in [-0.3, -0.25) is 19.2 Å². The molecule has 0 radical (unpaired) electrons. The molecule has 12 nitrogen and oxygen atoms in total. The minimum Gasteiger partial charge on any atom is -0.462 e. The largest absolute Gasteiger partial charge is 0.462 e. The van der Waals surface area contributed by atoms with E-state index in [0.29, 0.717) is 6.42 Å². The van der Waals surface area contributed by atoms with Gasteiger partial charge >= 0.3 is 23.9 Å². The molecule has 0 aromatic rings. The number of ketones is 1. The van der Waals surface area contributed by atoms with Crippen molar-refractivity contribution in [1.29, 1.82) is 0 Å². The normalized spacial score (nSPS) is 54.4. The predicted octanol–water partition coefficient (Wildman–Crippen LogP) is 1.87. The molecule has 2 N–H and O–H groups in total. The fraction of sp³-hybridized carbons (Fsp3) is 0.794. The van der Waals surface area contributed by atoms with E-state index in [2.05, 4.69) is 0 Å². The van der Waals surface area contributed by atoms with Gasteiger partial charge in [0.05, 0.1) is 11.5 Å².